The van der Waals surface area contributed by atoms with Crippen molar-refractivity contribution in [3.63, 3.8) is 0 Å². The van der Waals surface area contributed by atoms with Crippen molar-refractivity contribution in [2.75, 3.05) is 6.61 Å². The summed E-state index contributed by atoms with van der Waals surface area (Å²) in [5.74, 6) is 0.220. The fourth-order valence-electron chi connectivity index (χ4n) is 5.40. The quantitative estimate of drug-likeness (QED) is 0.155. The van der Waals surface area contributed by atoms with Gasteiger partial charge in [0.05, 0.1) is 12.1 Å². The Bertz CT molecular complexity index is 1710. The molecule has 0 saturated carbocycles. The van der Waals surface area contributed by atoms with Crippen LogP contribution in [0.3, 0.4) is 0 Å². The summed E-state index contributed by atoms with van der Waals surface area (Å²) < 4.78 is 11.5. The number of fused-ring (bicyclic) bond motifs is 3. The zero-order valence-corrected chi connectivity index (χ0v) is 23.8. The third-order valence-electron chi connectivity index (χ3n) is 7.38. The van der Waals surface area contributed by atoms with E-state index in [1.807, 2.05) is 66.7 Å². The minimum Gasteiger partial charge on any atom is -0.481 e. The minimum absolute atomic E-state index is 0.0887. The van der Waals surface area contributed by atoms with E-state index in [-0.39, 0.29) is 25.4 Å². The van der Waals surface area contributed by atoms with E-state index in [4.69, 9.17) is 21.1 Å². The number of benzene rings is 4. The van der Waals surface area contributed by atoms with Crippen LogP contribution >= 0.6 is 11.6 Å². The number of hydrogen-bond acceptors (Lipinski definition) is 5. The predicted octanol–water partition coefficient (Wildman–Crippen LogP) is 7.45. The highest BCUT2D eigenvalue weighted by Gasteiger charge is 2.29. The fraction of sp³-hybridized carbons (Fsp3) is 0.147. The molecule has 1 amide bonds. The molecule has 0 aliphatic heterocycles. The maximum absolute atomic E-state index is 12.8. The van der Waals surface area contributed by atoms with Gasteiger partial charge in [-0.3, -0.25) is 9.89 Å². The molecule has 216 valence electrons. The number of aromatic nitrogens is 2. The largest absolute Gasteiger partial charge is 0.481 e. The van der Waals surface area contributed by atoms with E-state index in [0.717, 1.165) is 27.8 Å². The summed E-state index contributed by atoms with van der Waals surface area (Å²) in [4.78, 5) is 24.4. The van der Waals surface area contributed by atoms with Crippen LogP contribution in [0.5, 0.6) is 11.5 Å². The van der Waals surface area contributed by atoms with E-state index in [1.165, 1.54) is 0 Å². The van der Waals surface area contributed by atoms with Crippen molar-refractivity contribution in [3.8, 4) is 33.9 Å². The highest BCUT2D eigenvalue weighted by atomic mass is 35.5. The molecule has 0 saturated heterocycles. The molecule has 0 fully saturated rings. The van der Waals surface area contributed by atoms with Crippen LogP contribution in [0, 0.1) is 0 Å². The van der Waals surface area contributed by atoms with Crippen LogP contribution in [0.4, 0.5) is 4.79 Å². The first-order valence-corrected chi connectivity index (χ1v) is 14.2. The van der Waals surface area contributed by atoms with E-state index in [1.54, 1.807) is 24.3 Å². The second-order valence-electron chi connectivity index (χ2n) is 10.3. The number of nitrogens with zero attached hydrogens (tertiary/aromatic N) is 1. The Hall–Kier alpha value is -5.08. The van der Waals surface area contributed by atoms with Crippen LogP contribution in [0.1, 0.15) is 29.2 Å². The van der Waals surface area contributed by atoms with Gasteiger partial charge < -0.3 is 19.9 Å². The van der Waals surface area contributed by atoms with Crippen molar-refractivity contribution in [1.82, 2.24) is 15.5 Å². The lowest BCUT2D eigenvalue weighted by atomic mass is 9.98. The second-order valence-corrected chi connectivity index (χ2v) is 10.8. The number of aliphatic carboxylic acids is 1. The van der Waals surface area contributed by atoms with Gasteiger partial charge in [-0.1, -0.05) is 60.1 Å². The number of carbonyl (C=O) groups is 2. The van der Waals surface area contributed by atoms with Crippen LogP contribution in [-0.4, -0.2) is 40.0 Å². The van der Waals surface area contributed by atoms with Gasteiger partial charge in [-0.2, -0.15) is 5.10 Å². The molecule has 5 aromatic rings. The Kier molecular flexibility index (Phi) is 8.11. The lowest BCUT2D eigenvalue weighted by molar-refractivity contribution is -0.137. The maximum Gasteiger partial charge on any atom is 0.407 e. The number of nitrogens with one attached hydrogen (secondary N) is 2. The summed E-state index contributed by atoms with van der Waals surface area (Å²) in [6, 6.07) is 31.9. The molecule has 0 spiro atoms. The molecule has 9 heteroatoms. The van der Waals surface area contributed by atoms with Gasteiger partial charge in [0.1, 0.15) is 18.1 Å². The highest BCUT2D eigenvalue weighted by molar-refractivity contribution is 6.30. The Morgan fingerprint density at radius 1 is 0.884 bits per heavy atom. The number of ether oxygens (including phenoxy) is 2. The van der Waals surface area contributed by atoms with Crippen LogP contribution in [-0.2, 0) is 16.0 Å². The molecular weight excluding hydrogens is 566 g/mol. The normalized spacial score (nSPS) is 12.7. The zero-order valence-electron chi connectivity index (χ0n) is 23.0. The topological polar surface area (TPSA) is 114 Å². The average Bonchev–Trinajstić information content (AvgIpc) is 3.60. The number of rotatable bonds is 10. The first-order valence-electron chi connectivity index (χ1n) is 13.8. The number of alkyl carbamates (subject to hydrolysis) is 1. The molecule has 1 aliphatic rings. The molecule has 6 rings (SSSR count). The highest BCUT2D eigenvalue weighted by Crippen LogP contribution is 2.44. The molecule has 3 N–H and O–H groups in total. The lowest BCUT2D eigenvalue weighted by Crippen LogP contribution is -2.39. The molecule has 0 unspecified atom stereocenters. The summed E-state index contributed by atoms with van der Waals surface area (Å²) in [5, 5.41) is 20.2. The molecule has 0 radical (unpaired) electrons. The van der Waals surface area contributed by atoms with Crippen molar-refractivity contribution in [3.05, 3.63) is 125 Å². The van der Waals surface area contributed by atoms with Crippen LogP contribution in [0.2, 0.25) is 5.02 Å². The molecular formula is C34H28ClN3O5. The molecule has 8 nitrogen and oxygen atoms in total. The average molecular weight is 594 g/mol. The van der Waals surface area contributed by atoms with Gasteiger partial charge in [0.15, 0.2) is 0 Å². The molecule has 4 aromatic carbocycles. The number of H-pyrrole nitrogens is 1. The number of aromatic amines is 1. The van der Waals surface area contributed by atoms with Crippen molar-refractivity contribution >= 4 is 23.7 Å². The first kappa shape index (κ1) is 28.1. The summed E-state index contributed by atoms with van der Waals surface area (Å²) >= 11 is 5.93. The van der Waals surface area contributed by atoms with Crippen molar-refractivity contribution < 1.29 is 24.2 Å². The summed E-state index contributed by atoms with van der Waals surface area (Å²) in [6.07, 6.45) is -0.694. The molecule has 1 aromatic heterocycles. The Labute approximate surface area is 253 Å². The number of hydrogen-bond donors (Lipinski definition) is 3. The third kappa shape index (κ3) is 6.55. The van der Waals surface area contributed by atoms with Crippen molar-refractivity contribution in [1.29, 1.82) is 0 Å². The molecule has 43 heavy (non-hydrogen) atoms. The van der Waals surface area contributed by atoms with Crippen LogP contribution < -0.4 is 10.1 Å². The summed E-state index contributed by atoms with van der Waals surface area (Å²) in [5.41, 5.74) is 6.70. The summed E-state index contributed by atoms with van der Waals surface area (Å²) in [7, 11) is 0. The SMILES string of the molecule is O=C(O)C[C@@H](Cc1cc(-c2ccc(Oc3ccc(Cl)cc3)cc2)n[nH]1)NC(=O)OCC1c2ccccc2-c2ccccc21. The van der Waals surface area contributed by atoms with E-state index < -0.39 is 18.1 Å². The predicted molar refractivity (Wildman–Crippen MR) is 163 cm³/mol. The maximum atomic E-state index is 12.8. The Morgan fingerprint density at radius 3 is 2.12 bits per heavy atom. The number of carboxylic acid groups (broad SMARTS) is 1. The second kappa shape index (κ2) is 12.4. The first-order chi connectivity index (χ1) is 20.9. The summed E-state index contributed by atoms with van der Waals surface area (Å²) in [6.45, 7) is 0.144. The number of carbonyl (C=O) groups excluding carboxylic acids is 1. The monoisotopic (exact) mass is 593 g/mol. The molecule has 1 heterocycles. The molecule has 1 aliphatic carbocycles. The van der Waals surface area contributed by atoms with Gasteiger partial charge in [-0.05, 0) is 76.9 Å². The van der Waals surface area contributed by atoms with E-state index in [2.05, 4.69) is 27.6 Å². The number of amides is 1. The zero-order chi connectivity index (χ0) is 29.8. The fourth-order valence-corrected chi connectivity index (χ4v) is 5.53. The van der Waals surface area contributed by atoms with Gasteiger partial charge >= 0.3 is 12.1 Å². The minimum atomic E-state index is -1.03. The van der Waals surface area contributed by atoms with Crippen LogP contribution in [0.25, 0.3) is 22.4 Å². The van der Waals surface area contributed by atoms with Gasteiger partial charge in [0, 0.05) is 34.7 Å². The van der Waals surface area contributed by atoms with Gasteiger partial charge in [-0.25, -0.2) is 4.79 Å². The number of carboxylic acids is 1. The third-order valence-corrected chi connectivity index (χ3v) is 7.64. The molecule has 1 atom stereocenters. The van der Waals surface area contributed by atoms with Crippen molar-refractivity contribution in [2.45, 2.75) is 24.8 Å². The van der Waals surface area contributed by atoms with E-state index in [9.17, 15) is 14.7 Å². The Morgan fingerprint density at radius 2 is 1.49 bits per heavy atom. The Balaban J connectivity index is 1.08. The smallest absolute Gasteiger partial charge is 0.407 e. The molecule has 0 bridgehead atoms. The van der Waals surface area contributed by atoms with Gasteiger partial charge in [-0.15, -0.1) is 0 Å². The van der Waals surface area contributed by atoms with Gasteiger partial charge in [0.2, 0.25) is 0 Å². The van der Waals surface area contributed by atoms with Gasteiger partial charge in [0.25, 0.3) is 0 Å². The number of halogens is 1. The van der Waals surface area contributed by atoms with E-state index in [0.29, 0.717) is 27.9 Å². The lowest BCUT2D eigenvalue weighted by Gasteiger charge is -2.18. The van der Waals surface area contributed by atoms with E-state index >= 15 is 0 Å². The standard InChI is InChI=1S/C34H28ClN3O5/c35-22-11-15-26(16-12-22)43-25-13-9-21(10-14-25)32-18-24(37-38-32)17-23(19-33(39)40)36-34(41)42-20-31-29-7-3-1-5-27(29)28-6-2-4-8-30(28)31/h1-16,18,23,31H,17,19-20H2,(H,36,41)(H,37,38)(H,39,40)/t23-/m1/s1. The van der Waals surface area contributed by atoms with Crippen LogP contribution in [0.15, 0.2) is 103 Å². The van der Waals surface area contributed by atoms with Crippen molar-refractivity contribution in [2.24, 2.45) is 0 Å².